The maximum Gasteiger partial charge on any atom is 0.253 e. The van der Waals surface area contributed by atoms with Crippen LogP contribution in [-0.4, -0.2) is 33.7 Å². The lowest BCUT2D eigenvalue weighted by Crippen LogP contribution is -2.40. The predicted octanol–water partition coefficient (Wildman–Crippen LogP) is 4.72. The third-order valence-electron chi connectivity index (χ3n) is 5.61. The van der Waals surface area contributed by atoms with E-state index < -0.39 is 0 Å². The number of aryl methyl sites for hydroxylation is 2. The van der Waals surface area contributed by atoms with E-state index in [1.165, 1.54) is 12.1 Å². The summed E-state index contributed by atoms with van der Waals surface area (Å²) in [4.78, 5) is 15.0. The highest BCUT2D eigenvalue weighted by atomic mass is 19.1. The van der Waals surface area contributed by atoms with Crippen LogP contribution in [0.4, 0.5) is 4.39 Å². The molecule has 0 bridgehead atoms. The van der Waals surface area contributed by atoms with Crippen LogP contribution in [0.3, 0.4) is 0 Å². The molecule has 0 aliphatic carbocycles. The quantitative estimate of drug-likeness (QED) is 0.645. The maximum atomic E-state index is 13.1. The summed E-state index contributed by atoms with van der Waals surface area (Å²) in [5.74, 6) is 0.277. The van der Waals surface area contributed by atoms with Crippen molar-refractivity contribution >= 4 is 5.91 Å². The van der Waals surface area contributed by atoms with Crippen LogP contribution in [0.15, 0.2) is 54.6 Å². The predicted molar refractivity (Wildman–Crippen MR) is 112 cm³/mol. The number of amides is 1. The largest absolute Gasteiger partial charge is 0.338 e. The van der Waals surface area contributed by atoms with Gasteiger partial charge in [0.1, 0.15) is 5.82 Å². The van der Waals surface area contributed by atoms with Gasteiger partial charge in [-0.2, -0.15) is 5.10 Å². The van der Waals surface area contributed by atoms with E-state index in [1.807, 2.05) is 65.9 Å². The third-order valence-corrected chi connectivity index (χ3v) is 5.61. The van der Waals surface area contributed by atoms with Gasteiger partial charge in [0.25, 0.3) is 5.91 Å². The van der Waals surface area contributed by atoms with Crippen molar-refractivity contribution in [1.29, 1.82) is 0 Å². The summed E-state index contributed by atoms with van der Waals surface area (Å²) in [6.45, 7) is 5.53. The Labute approximate surface area is 171 Å². The second-order valence-electron chi connectivity index (χ2n) is 7.98. The highest BCUT2D eigenvalue weighted by Gasteiger charge is 2.24. The molecule has 1 aliphatic heterocycles. The number of halogens is 1. The van der Waals surface area contributed by atoms with E-state index in [2.05, 4.69) is 5.10 Å². The average molecular weight is 391 g/mol. The van der Waals surface area contributed by atoms with Crippen LogP contribution in [0.1, 0.15) is 40.2 Å². The molecular weight excluding hydrogens is 365 g/mol. The topological polar surface area (TPSA) is 38.1 Å². The fourth-order valence-corrected chi connectivity index (χ4v) is 4.19. The van der Waals surface area contributed by atoms with Crippen molar-refractivity contribution < 1.29 is 9.18 Å². The van der Waals surface area contributed by atoms with Crippen LogP contribution in [-0.2, 0) is 6.42 Å². The number of rotatable bonds is 4. The molecule has 0 unspecified atom stereocenters. The molecule has 5 heteroatoms. The van der Waals surface area contributed by atoms with E-state index in [9.17, 15) is 9.18 Å². The number of benzene rings is 2. The second-order valence-corrected chi connectivity index (χ2v) is 7.98. The minimum absolute atomic E-state index is 0.0775. The summed E-state index contributed by atoms with van der Waals surface area (Å²) >= 11 is 0. The van der Waals surface area contributed by atoms with E-state index >= 15 is 0 Å². The number of piperidine rings is 1. The molecule has 0 N–H and O–H groups in total. The zero-order valence-corrected chi connectivity index (χ0v) is 16.9. The zero-order valence-electron chi connectivity index (χ0n) is 16.9. The first-order valence-electron chi connectivity index (χ1n) is 10.2. The number of nitrogens with zero attached hydrogens (tertiary/aromatic N) is 3. The Bertz CT molecular complexity index is 992. The molecule has 0 radical (unpaired) electrons. The Balaban J connectivity index is 1.43. The molecule has 1 fully saturated rings. The van der Waals surface area contributed by atoms with Gasteiger partial charge in [-0.3, -0.25) is 4.79 Å². The average Bonchev–Trinajstić information content (AvgIpc) is 3.07. The van der Waals surface area contributed by atoms with Crippen molar-refractivity contribution in [2.75, 3.05) is 13.1 Å². The van der Waals surface area contributed by atoms with E-state index in [1.54, 1.807) is 0 Å². The molecule has 1 amide bonds. The van der Waals surface area contributed by atoms with Gasteiger partial charge in [-0.05, 0) is 87.1 Å². The van der Waals surface area contributed by atoms with Crippen molar-refractivity contribution in [1.82, 2.24) is 14.7 Å². The van der Waals surface area contributed by atoms with Crippen molar-refractivity contribution in [2.45, 2.75) is 33.1 Å². The van der Waals surface area contributed by atoms with Crippen molar-refractivity contribution in [3.8, 4) is 5.69 Å². The standard InChI is InChI=1S/C24H26FN3O/c1-17-14-18(2)28(26-17)23-11-7-21(8-12-23)24(29)27-13-3-4-20(16-27)15-19-5-9-22(25)10-6-19/h5-12,14,20H,3-4,13,15-16H2,1-2H3/t20-/m1/s1. The molecule has 1 aromatic heterocycles. The first kappa shape index (κ1) is 19.4. The summed E-state index contributed by atoms with van der Waals surface area (Å²) < 4.78 is 15.0. The number of hydrogen-bond acceptors (Lipinski definition) is 2. The van der Waals surface area contributed by atoms with E-state index in [0.717, 1.165) is 55.0 Å². The lowest BCUT2D eigenvalue weighted by Gasteiger charge is -2.33. The second kappa shape index (κ2) is 8.19. The molecular formula is C24H26FN3O. The van der Waals surface area contributed by atoms with Crippen molar-refractivity contribution in [2.24, 2.45) is 5.92 Å². The smallest absolute Gasteiger partial charge is 0.253 e. The number of hydrogen-bond donors (Lipinski definition) is 0. The van der Waals surface area contributed by atoms with Gasteiger partial charge < -0.3 is 4.90 Å². The van der Waals surface area contributed by atoms with Gasteiger partial charge in [-0.25, -0.2) is 9.07 Å². The van der Waals surface area contributed by atoms with Crippen molar-refractivity contribution in [3.63, 3.8) is 0 Å². The van der Waals surface area contributed by atoms with E-state index in [4.69, 9.17) is 0 Å². The fraction of sp³-hybridized carbons (Fsp3) is 0.333. The molecule has 3 aromatic rings. The van der Waals surface area contributed by atoms with Crippen LogP contribution in [0.5, 0.6) is 0 Å². The molecule has 4 nitrogen and oxygen atoms in total. The highest BCUT2D eigenvalue weighted by Crippen LogP contribution is 2.23. The first-order valence-corrected chi connectivity index (χ1v) is 10.2. The van der Waals surface area contributed by atoms with Gasteiger partial charge in [0.05, 0.1) is 11.4 Å². The molecule has 0 spiro atoms. The SMILES string of the molecule is Cc1cc(C)n(-c2ccc(C(=O)N3CCC[C@H](Cc4ccc(F)cc4)C3)cc2)n1. The number of aromatic nitrogens is 2. The molecule has 2 aromatic carbocycles. The molecule has 1 saturated heterocycles. The number of carbonyl (C=O) groups excluding carboxylic acids is 1. The molecule has 1 atom stereocenters. The Hall–Kier alpha value is -2.95. The van der Waals surface area contributed by atoms with E-state index in [-0.39, 0.29) is 11.7 Å². The summed E-state index contributed by atoms with van der Waals surface area (Å²) in [7, 11) is 0. The van der Waals surface area contributed by atoms with Gasteiger partial charge in [-0.15, -0.1) is 0 Å². The summed E-state index contributed by atoms with van der Waals surface area (Å²) in [6, 6.07) is 16.4. The van der Waals surface area contributed by atoms with Gasteiger partial charge in [0, 0.05) is 24.3 Å². The Morgan fingerprint density at radius 3 is 2.48 bits per heavy atom. The maximum absolute atomic E-state index is 13.1. The number of likely N-dealkylation sites (tertiary alicyclic amines) is 1. The summed E-state index contributed by atoms with van der Waals surface area (Å²) in [5, 5.41) is 4.50. The molecule has 0 saturated carbocycles. The van der Waals surface area contributed by atoms with Crippen LogP contribution >= 0.6 is 0 Å². The Kier molecular flexibility index (Phi) is 5.47. The minimum atomic E-state index is -0.210. The lowest BCUT2D eigenvalue weighted by atomic mass is 9.91. The molecule has 29 heavy (non-hydrogen) atoms. The highest BCUT2D eigenvalue weighted by molar-refractivity contribution is 5.94. The van der Waals surface area contributed by atoms with Gasteiger partial charge >= 0.3 is 0 Å². The van der Waals surface area contributed by atoms with Crippen molar-refractivity contribution in [3.05, 3.63) is 82.9 Å². The van der Waals surface area contributed by atoms with E-state index in [0.29, 0.717) is 11.5 Å². The molecule has 2 heterocycles. The summed E-state index contributed by atoms with van der Waals surface area (Å²) in [5.41, 5.74) is 4.84. The van der Waals surface area contributed by atoms with Crippen LogP contribution in [0.25, 0.3) is 5.69 Å². The molecule has 1 aliphatic rings. The summed E-state index contributed by atoms with van der Waals surface area (Å²) in [6.07, 6.45) is 2.97. The first-order chi connectivity index (χ1) is 14.0. The van der Waals surface area contributed by atoms with Crippen LogP contribution in [0.2, 0.25) is 0 Å². The Morgan fingerprint density at radius 1 is 1.10 bits per heavy atom. The van der Waals surface area contributed by atoms with Gasteiger partial charge in [-0.1, -0.05) is 12.1 Å². The number of carbonyl (C=O) groups is 1. The third kappa shape index (κ3) is 4.39. The molecule has 4 rings (SSSR count). The lowest BCUT2D eigenvalue weighted by molar-refractivity contribution is 0.0673. The minimum Gasteiger partial charge on any atom is -0.338 e. The van der Waals surface area contributed by atoms with Crippen LogP contribution < -0.4 is 0 Å². The van der Waals surface area contributed by atoms with Crippen LogP contribution in [0, 0.1) is 25.6 Å². The normalized spacial score (nSPS) is 16.8. The van der Waals surface area contributed by atoms with Gasteiger partial charge in [0.2, 0.25) is 0 Å². The fourth-order valence-electron chi connectivity index (χ4n) is 4.19. The molecule has 150 valence electrons. The van der Waals surface area contributed by atoms with Gasteiger partial charge in [0.15, 0.2) is 0 Å². The zero-order chi connectivity index (χ0) is 20.4. The monoisotopic (exact) mass is 391 g/mol. The Morgan fingerprint density at radius 2 is 1.83 bits per heavy atom.